The molecule has 0 saturated carbocycles. The van der Waals surface area contributed by atoms with Crippen molar-refractivity contribution >= 4 is 23.9 Å². The fourth-order valence-electron chi connectivity index (χ4n) is 3.19. The average molecular weight is 550 g/mol. The quantitative estimate of drug-likeness (QED) is 0.209. The lowest BCUT2D eigenvalue weighted by Gasteiger charge is -2.25. The highest BCUT2D eigenvalue weighted by molar-refractivity contribution is 5.84. The number of nitrogens with one attached hydrogen (secondary N) is 3. The predicted octanol–water partition coefficient (Wildman–Crippen LogP) is 3.23. The largest absolute Gasteiger partial charge is 0.469 e. The molecule has 2 atom stereocenters. The van der Waals surface area contributed by atoms with Gasteiger partial charge in [-0.3, -0.25) is 14.4 Å². The molecule has 9 nitrogen and oxygen atoms in total. The van der Waals surface area contributed by atoms with E-state index in [9.17, 15) is 36.7 Å². The molecule has 0 saturated heterocycles. The lowest BCUT2D eigenvalue weighted by molar-refractivity contribution is -0.141. The van der Waals surface area contributed by atoms with Crippen LogP contribution in [0.1, 0.15) is 59.4 Å². The van der Waals surface area contributed by atoms with Crippen LogP contribution in [0.5, 0.6) is 0 Å². The summed E-state index contributed by atoms with van der Waals surface area (Å²) in [4.78, 5) is 48.6. The van der Waals surface area contributed by atoms with Crippen molar-refractivity contribution in [3.05, 3.63) is 35.1 Å². The fourth-order valence-corrected chi connectivity index (χ4v) is 3.19. The van der Waals surface area contributed by atoms with Gasteiger partial charge >= 0.3 is 12.1 Å². The van der Waals surface area contributed by atoms with Crippen LogP contribution >= 0.6 is 0 Å². The van der Waals surface area contributed by atoms with E-state index in [1.807, 2.05) is 0 Å². The second-order valence-corrected chi connectivity index (χ2v) is 10.2. The Kier molecular flexibility index (Phi) is 12.0. The molecule has 0 aliphatic heterocycles. The van der Waals surface area contributed by atoms with Crippen LogP contribution in [0.2, 0.25) is 0 Å². The van der Waals surface area contributed by atoms with Crippen molar-refractivity contribution in [2.75, 3.05) is 13.7 Å². The SMILES string of the molecule is COC(=O)CC[C@@H](CNC(=O)C(C)(C)F)NC(=O)CC(Cc1cc(F)c(F)cc1F)NC(=O)OC(C)(C)C. The molecule has 0 bridgehead atoms. The Hall–Kier alpha value is -3.38. The number of halogens is 4. The van der Waals surface area contributed by atoms with Crippen LogP contribution in [-0.4, -0.2) is 60.9 Å². The summed E-state index contributed by atoms with van der Waals surface area (Å²) in [7, 11) is 1.17. The highest BCUT2D eigenvalue weighted by Gasteiger charge is 2.28. The number of hydrogen-bond acceptors (Lipinski definition) is 6. The van der Waals surface area contributed by atoms with E-state index in [-0.39, 0.29) is 24.9 Å². The van der Waals surface area contributed by atoms with Gasteiger partial charge < -0.3 is 25.4 Å². The van der Waals surface area contributed by atoms with Crippen molar-refractivity contribution in [3.8, 4) is 0 Å². The topological polar surface area (TPSA) is 123 Å². The van der Waals surface area contributed by atoms with E-state index in [4.69, 9.17) is 4.74 Å². The van der Waals surface area contributed by atoms with Gasteiger partial charge in [0.05, 0.1) is 7.11 Å². The minimum absolute atomic E-state index is 0.0212. The number of esters is 1. The molecule has 1 aromatic rings. The molecular weight excluding hydrogens is 514 g/mol. The van der Waals surface area contributed by atoms with Crippen molar-refractivity contribution in [1.82, 2.24) is 16.0 Å². The van der Waals surface area contributed by atoms with E-state index in [0.29, 0.717) is 12.1 Å². The Bertz CT molecular complexity index is 1010. The Morgan fingerprint density at radius 2 is 1.53 bits per heavy atom. The first-order valence-corrected chi connectivity index (χ1v) is 11.9. The normalized spacial score (nSPS) is 13.2. The molecule has 0 aliphatic rings. The van der Waals surface area contributed by atoms with E-state index in [1.165, 1.54) is 7.11 Å². The Balaban J connectivity index is 3.05. The molecule has 1 unspecified atom stereocenters. The van der Waals surface area contributed by atoms with Gasteiger partial charge in [-0.15, -0.1) is 0 Å². The molecule has 13 heteroatoms. The van der Waals surface area contributed by atoms with Crippen LogP contribution in [0, 0.1) is 17.5 Å². The molecule has 1 rings (SSSR count). The van der Waals surface area contributed by atoms with E-state index >= 15 is 0 Å². The third-order valence-corrected chi connectivity index (χ3v) is 5.05. The highest BCUT2D eigenvalue weighted by atomic mass is 19.2. The number of ether oxygens (including phenoxy) is 2. The number of carbonyl (C=O) groups is 4. The lowest BCUT2D eigenvalue weighted by atomic mass is 10.0. The maximum atomic E-state index is 14.3. The number of hydrogen-bond donors (Lipinski definition) is 3. The van der Waals surface area contributed by atoms with Crippen LogP contribution in [0.3, 0.4) is 0 Å². The van der Waals surface area contributed by atoms with Crippen LogP contribution in [0.4, 0.5) is 22.4 Å². The molecule has 38 heavy (non-hydrogen) atoms. The molecule has 0 fully saturated rings. The monoisotopic (exact) mass is 549 g/mol. The summed E-state index contributed by atoms with van der Waals surface area (Å²) < 4.78 is 64.9. The zero-order valence-electron chi connectivity index (χ0n) is 22.3. The van der Waals surface area contributed by atoms with Gasteiger partial charge in [-0.05, 0) is 59.1 Å². The van der Waals surface area contributed by atoms with Gasteiger partial charge in [0, 0.05) is 37.5 Å². The maximum Gasteiger partial charge on any atom is 0.407 e. The van der Waals surface area contributed by atoms with Crippen LogP contribution in [0.15, 0.2) is 12.1 Å². The molecule has 0 heterocycles. The number of carbonyl (C=O) groups excluding carboxylic acids is 4. The minimum Gasteiger partial charge on any atom is -0.469 e. The van der Waals surface area contributed by atoms with E-state index in [1.54, 1.807) is 20.8 Å². The van der Waals surface area contributed by atoms with Crippen molar-refractivity contribution in [2.45, 2.75) is 83.7 Å². The van der Waals surface area contributed by atoms with Gasteiger partial charge in [0.2, 0.25) is 5.91 Å². The van der Waals surface area contributed by atoms with Gasteiger partial charge in [0.15, 0.2) is 17.3 Å². The Labute approximate surface area is 219 Å². The molecule has 0 spiro atoms. The predicted molar refractivity (Wildman–Crippen MR) is 129 cm³/mol. The molecule has 3 N–H and O–H groups in total. The van der Waals surface area contributed by atoms with Crippen molar-refractivity contribution in [1.29, 1.82) is 0 Å². The second-order valence-electron chi connectivity index (χ2n) is 10.2. The molecule has 1 aromatic carbocycles. The van der Waals surface area contributed by atoms with Crippen molar-refractivity contribution in [3.63, 3.8) is 0 Å². The summed E-state index contributed by atoms with van der Waals surface area (Å²) in [5, 5.41) is 7.33. The number of benzene rings is 1. The summed E-state index contributed by atoms with van der Waals surface area (Å²) in [6, 6.07) is -0.979. The van der Waals surface area contributed by atoms with Crippen LogP contribution in [-0.2, 0) is 30.3 Å². The summed E-state index contributed by atoms with van der Waals surface area (Å²) >= 11 is 0. The average Bonchev–Trinajstić information content (AvgIpc) is 2.76. The number of alkyl carbamates (subject to hydrolysis) is 1. The van der Waals surface area contributed by atoms with Gasteiger partial charge in [-0.1, -0.05) is 0 Å². The van der Waals surface area contributed by atoms with Gasteiger partial charge in [-0.25, -0.2) is 22.4 Å². The van der Waals surface area contributed by atoms with Crippen molar-refractivity contribution < 1.29 is 46.2 Å². The highest BCUT2D eigenvalue weighted by Crippen LogP contribution is 2.17. The fraction of sp³-hybridized carbons (Fsp3) is 0.600. The number of alkyl halides is 1. The number of amides is 3. The molecule has 0 radical (unpaired) electrons. The van der Waals surface area contributed by atoms with Crippen LogP contribution < -0.4 is 16.0 Å². The summed E-state index contributed by atoms with van der Waals surface area (Å²) in [5.41, 5.74) is -3.38. The smallest absolute Gasteiger partial charge is 0.407 e. The van der Waals surface area contributed by atoms with E-state index < -0.39 is 77.5 Å². The molecule has 214 valence electrons. The maximum absolute atomic E-state index is 14.3. The first kappa shape index (κ1) is 32.6. The minimum atomic E-state index is -2.19. The summed E-state index contributed by atoms with van der Waals surface area (Å²) in [6.07, 6.45) is -1.90. The van der Waals surface area contributed by atoms with E-state index in [0.717, 1.165) is 13.8 Å². The van der Waals surface area contributed by atoms with Crippen LogP contribution in [0.25, 0.3) is 0 Å². The zero-order valence-corrected chi connectivity index (χ0v) is 22.3. The molecule has 0 aromatic heterocycles. The summed E-state index contributed by atoms with van der Waals surface area (Å²) in [5.74, 6) is -6.00. The second kappa shape index (κ2) is 14.0. The van der Waals surface area contributed by atoms with E-state index in [2.05, 4.69) is 20.7 Å². The van der Waals surface area contributed by atoms with Gasteiger partial charge in [-0.2, -0.15) is 0 Å². The zero-order chi connectivity index (χ0) is 29.3. The van der Waals surface area contributed by atoms with Gasteiger partial charge in [0.1, 0.15) is 11.4 Å². The molecule has 0 aliphatic carbocycles. The molecular formula is C25H35F4N3O6. The lowest BCUT2D eigenvalue weighted by Crippen LogP contribution is -2.49. The van der Waals surface area contributed by atoms with Crippen molar-refractivity contribution in [2.24, 2.45) is 0 Å². The van der Waals surface area contributed by atoms with Gasteiger partial charge in [0.25, 0.3) is 5.91 Å². The molecule has 3 amide bonds. The Morgan fingerprint density at radius 1 is 0.921 bits per heavy atom. The number of methoxy groups -OCH3 is 1. The number of rotatable bonds is 12. The third kappa shape index (κ3) is 12.2. The first-order valence-electron chi connectivity index (χ1n) is 11.9. The Morgan fingerprint density at radius 3 is 2.08 bits per heavy atom. The standard InChI is InChI=1S/C25H35F4N3O6/c1-24(2,3)38-23(36)32-16(9-14-10-18(27)19(28)12-17(14)26)11-20(33)31-15(7-8-21(34)37-6)13-30-22(35)25(4,5)29/h10,12,15-16H,7-9,11,13H2,1-6H3,(H,30,35)(H,31,33)(H,32,36)/t15-,16?/m0/s1. The summed E-state index contributed by atoms with van der Waals surface area (Å²) in [6.45, 7) is 6.67. The third-order valence-electron chi connectivity index (χ3n) is 5.05. The first-order chi connectivity index (χ1) is 17.4.